The molecule has 0 bridgehead atoms. The Morgan fingerprint density at radius 1 is 0.818 bits per heavy atom. The van der Waals surface area contributed by atoms with E-state index in [2.05, 4.69) is 16.0 Å². The third-order valence-electron chi connectivity index (χ3n) is 3.37. The lowest BCUT2D eigenvalue weighted by molar-refractivity contribution is -0.139. The number of carbonyl (C=O) groups excluding carboxylic acids is 3. The van der Waals surface area contributed by atoms with E-state index in [0.29, 0.717) is 12.8 Å². The van der Waals surface area contributed by atoms with Crippen LogP contribution in [-0.2, 0) is 19.2 Å². The average Bonchev–Trinajstić information content (AvgIpc) is 2.48. The first kappa shape index (κ1) is 19.9. The van der Waals surface area contributed by atoms with E-state index < -0.39 is 17.4 Å². The Morgan fingerprint density at radius 3 is 1.64 bits per heavy atom. The van der Waals surface area contributed by atoms with Crippen molar-refractivity contribution in [1.82, 2.24) is 16.0 Å². The van der Waals surface area contributed by atoms with Gasteiger partial charge in [0.25, 0.3) is 0 Å². The van der Waals surface area contributed by atoms with Crippen LogP contribution in [0, 0.1) is 0 Å². The number of hydrogen-bond donors (Lipinski definition) is 4. The Morgan fingerprint density at radius 2 is 1.27 bits per heavy atom. The molecule has 0 heterocycles. The van der Waals surface area contributed by atoms with Crippen molar-refractivity contribution in [2.45, 2.75) is 51.0 Å². The number of nitrogens with one attached hydrogen (secondary N) is 3. The maximum atomic E-state index is 11.8. The lowest BCUT2D eigenvalue weighted by atomic mass is 9.89. The number of amides is 3. The Labute approximate surface area is 130 Å². The van der Waals surface area contributed by atoms with Gasteiger partial charge >= 0.3 is 5.97 Å². The van der Waals surface area contributed by atoms with Gasteiger partial charge in [-0.2, -0.15) is 0 Å². The van der Waals surface area contributed by atoms with Crippen molar-refractivity contribution in [2.24, 2.45) is 0 Å². The summed E-state index contributed by atoms with van der Waals surface area (Å²) in [7, 11) is 3.05. The molecule has 3 amide bonds. The van der Waals surface area contributed by atoms with E-state index in [1.54, 1.807) is 6.92 Å². The quantitative estimate of drug-likeness (QED) is 0.443. The number of carboxylic acid groups (broad SMARTS) is 1. The molecule has 0 aromatic carbocycles. The van der Waals surface area contributed by atoms with Crippen LogP contribution in [0.3, 0.4) is 0 Å². The Hall–Kier alpha value is -2.12. The Bertz CT molecular complexity index is 403. The molecule has 0 aromatic rings. The molecule has 0 aromatic heterocycles. The van der Waals surface area contributed by atoms with Gasteiger partial charge in [0.05, 0.1) is 6.42 Å². The fraction of sp³-hybridized carbons (Fsp3) is 0.714. The fourth-order valence-corrected chi connectivity index (χ4v) is 1.90. The first-order valence-electron chi connectivity index (χ1n) is 7.16. The van der Waals surface area contributed by atoms with Crippen molar-refractivity contribution >= 4 is 23.7 Å². The third-order valence-corrected chi connectivity index (χ3v) is 3.37. The number of carbonyl (C=O) groups is 4. The first-order valence-corrected chi connectivity index (χ1v) is 7.16. The number of carboxylic acids is 1. The summed E-state index contributed by atoms with van der Waals surface area (Å²) in [6, 6.07) is 0. The molecule has 0 unspecified atom stereocenters. The maximum absolute atomic E-state index is 11.8. The second-order valence-corrected chi connectivity index (χ2v) is 5.35. The van der Waals surface area contributed by atoms with E-state index in [-0.39, 0.29) is 37.5 Å². The SMILES string of the molecule is CNC(=O)CCC(C)(CCC(=O)NC)NC(=O)CCC(=O)O. The summed E-state index contributed by atoms with van der Waals surface area (Å²) >= 11 is 0. The predicted molar refractivity (Wildman–Crippen MR) is 80.0 cm³/mol. The topological polar surface area (TPSA) is 125 Å². The van der Waals surface area contributed by atoms with Crippen LogP contribution in [-0.4, -0.2) is 48.4 Å². The van der Waals surface area contributed by atoms with E-state index in [1.807, 2.05) is 0 Å². The Kier molecular flexibility index (Phi) is 8.81. The zero-order valence-electron chi connectivity index (χ0n) is 13.3. The van der Waals surface area contributed by atoms with Crippen LogP contribution in [0.5, 0.6) is 0 Å². The van der Waals surface area contributed by atoms with Crippen molar-refractivity contribution in [3.8, 4) is 0 Å². The summed E-state index contributed by atoms with van der Waals surface area (Å²) in [5, 5.41) is 16.3. The summed E-state index contributed by atoms with van der Waals surface area (Å²) in [6.45, 7) is 1.75. The van der Waals surface area contributed by atoms with E-state index >= 15 is 0 Å². The van der Waals surface area contributed by atoms with Crippen LogP contribution in [0.25, 0.3) is 0 Å². The molecule has 0 saturated heterocycles. The van der Waals surface area contributed by atoms with Crippen molar-refractivity contribution in [3.63, 3.8) is 0 Å². The van der Waals surface area contributed by atoms with Crippen molar-refractivity contribution < 1.29 is 24.3 Å². The van der Waals surface area contributed by atoms with E-state index in [1.165, 1.54) is 14.1 Å². The minimum absolute atomic E-state index is 0.134. The summed E-state index contributed by atoms with van der Waals surface area (Å²) in [5.74, 6) is -1.77. The van der Waals surface area contributed by atoms with E-state index in [9.17, 15) is 19.2 Å². The molecule has 8 heteroatoms. The molecule has 0 aliphatic heterocycles. The normalized spacial score (nSPS) is 10.7. The molecular weight excluding hydrogens is 290 g/mol. The number of rotatable bonds is 10. The maximum Gasteiger partial charge on any atom is 0.303 e. The van der Waals surface area contributed by atoms with Gasteiger partial charge in [0.15, 0.2) is 0 Å². The molecule has 0 aliphatic rings. The summed E-state index contributed by atoms with van der Waals surface area (Å²) < 4.78 is 0. The van der Waals surface area contributed by atoms with Gasteiger partial charge in [-0.25, -0.2) is 0 Å². The van der Waals surface area contributed by atoms with Crippen molar-refractivity contribution in [3.05, 3.63) is 0 Å². The number of hydrogen-bond acceptors (Lipinski definition) is 4. The van der Waals surface area contributed by atoms with Crippen LogP contribution >= 0.6 is 0 Å². The van der Waals surface area contributed by atoms with Gasteiger partial charge in [0.1, 0.15) is 0 Å². The van der Waals surface area contributed by atoms with Crippen LogP contribution in [0.2, 0.25) is 0 Å². The molecule has 0 saturated carbocycles. The van der Waals surface area contributed by atoms with Crippen LogP contribution in [0.4, 0.5) is 0 Å². The summed E-state index contributed by atoms with van der Waals surface area (Å²) in [4.78, 5) is 45.1. The zero-order valence-corrected chi connectivity index (χ0v) is 13.3. The third kappa shape index (κ3) is 8.93. The highest BCUT2D eigenvalue weighted by molar-refractivity contribution is 5.81. The van der Waals surface area contributed by atoms with Crippen LogP contribution < -0.4 is 16.0 Å². The Balaban J connectivity index is 4.67. The second kappa shape index (κ2) is 9.75. The zero-order chi connectivity index (χ0) is 17.2. The molecule has 4 N–H and O–H groups in total. The molecule has 0 fully saturated rings. The molecule has 22 heavy (non-hydrogen) atoms. The second-order valence-electron chi connectivity index (χ2n) is 5.35. The molecular formula is C14H25N3O5. The van der Waals surface area contributed by atoms with Gasteiger partial charge in [-0.1, -0.05) is 0 Å². The molecule has 126 valence electrons. The van der Waals surface area contributed by atoms with E-state index in [4.69, 9.17) is 5.11 Å². The number of aliphatic carboxylic acids is 1. The fourth-order valence-electron chi connectivity index (χ4n) is 1.90. The highest BCUT2D eigenvalue weighted by Crippen LogP contribution is 2.19. The monoisotopic (exact) mass is 315 g/mol. The molecule has 0 radical (unpaired) electrons. The highest BCUT2D eigenvalue weighted by Gasteiger charge is 2.27. The average molecular weight is 315 g/mol. The molecule has 0 rings (SSSR count). The smallest absolute Gasteiger partial charge is 0.303 e. The summed E-state index contributed by atoms with van der Waals surface area (Å²) in [5.41, 5.74) is -0.741. The molecule has 0 aliphatic carbocycles. The van der Waals surface area contributed by atoms with Crippen LogP contribution in [0.15, 0.2) is 0 Å². The predicted octanol–water partition coefficient (Wildman–Crippen LogP) is -0.221. The van der Waals surface area contributed by atoms with Gasteiger partial charge < -0.3 is 21.1 Å². The van der Waals surface area contributed by atoms with Gasteiger partial charge in [-0.3, -0.25) is 19.2 Å². The van der Waals surface area contributed by atoms with E-state index in [0.717, 1.165) is 0 Å². The molecule has 8 nitrogen and oxygen atoms in total. The summed E-state index contributed by atoms with van der Waals surface area (Å²) in [6.07, 6.45) is 0.753. The van der Waals surface area contributed by atoms with Crippen molar-refractivity contribution in [2.75, 3.05) is 14.1 Å². The molecule has 0 atom stereocenters. The molecule has 0 spiro atoms. The lowest BCUT2D eigenvalue weighted by Gasteiger charge is -2.30. The van der Waals surface area contributed by atoms with Gasteiger partial charge in [-0.05, 0) is 19.8 Å². The minimum atomic E-state index is -1.05. The van der Waals surface area contributed by atoms with Crippen LogP contribution in [0.1, 0.15) is 45.4 Å². The highest BCUT2D eigenvalue weighted by atomic mass is 16.4. The first-order chi connectivity index (χ1) is 10.2. The minimum Gasteiger partial charge on any atom is -0.481 e. The standard InChI is InChI=1S/C14H25N3O5/c1-14(8-6-10(18)15-2,9-7-11(19)16-3)17-12(20)4-5-13(21)22/h4-9H2,1-3H3,(H,15,18)(H,16,19)(H,17,20)(H,21,22). The van der Waals surface area contributed by atoms with Crippen molar-refractivity contribution in [1.29, 1.82) is 0 Å². The van der Waals surface area contributed by atoms with Gasteiger partial charge in [-0.15, -0.1) is 0 Å². The largest absolute Gasteiger partial charge is 0.481 e. The lowest BCUT2D eigenvalue weighted by Crippen LogP contribution is -2.47. The van der Waals surface area contributed by atoms with Gasteiger partial charge in [0, 0.05) is 38.9 Å². The van der Waals surface area contributed by atoms with Gasteiger partial charge in [0.2, 0.25) is 17.7 Å².